The molecule has 1 saturated heterocycles. The highest BCUT2D eigenvalue weighted by atomic mass is 32.2. The van der Waals surface area contributed by atoms with Gasteiger partial charge < -0.3 is 15.0 Å². The number of nitrogens with one attached hydrogen (secondary N) is 1. The van der Waals surface area contributed by atoms with Gasteiger partial charge in [0.25, 0.3) is 0 Å². The van der Waals surface area contributed by atoms with Crippen LogP contribution in [-0.4, -0.2) is 72.7 Å². The third-order valence-corrected chi connectivity index (χ3v) is 5.61. The fourth-order valence-electron chi connectivity index (χ4n) is 2.82. The molecule has 0 spiro atoms. The number of piperazine rings is 1. The van der Waals surface area contributed by atoms with Crippen LogP contribution in [0.3, 0.4) is 0 Å². The molecule has 1 fully saturated rings. The molecular formula is C20H31N3O3S. The second-order valence-electron chi connectivity index (χ2n) is 6.73. The van der Waals surface area contributed by atoms with Crippen molar-refractivity contribution in [3.05, 3.63) is 24.3 Å². The minimum absolute atomic E-state index is 0.0650. The van der Waals surface area contributed by atoms with Crippen LogP contribution in [0.25, 0.3) is 0 Å². The fraction of sp³-hybridized carbons (Fsp3) is 0.600. The predicted molar refractivity (Wildman–Crippen MR) is 109 cm³/mol. The van der Waals surface area contributed by atoms with E-state index in [2.05, 4.69) is 17.1 Å². The summed E-state index contributed by atoms with van der Waals surface area (Å²) < 4.78 is 5.43. The van der Waals surface area contributed by atoms with Crippen LogP contribution in [0.15, 0.2) is 29.2 Å². The molecule has 150 valence electrons. The molecule has 1 aliphatic heterocycles. The Kier molecular flexibility index (Phi) is 8.94. The van der Waals surface area contributed by atoms with Gasteiger partial charge in [-0.25, -0.2) is 0 Å². The van der Waals surface area contributed by atoms with Gasteiger partial charge in [-0.1, -0.05) is 6.92 Å². The van der Waals surface area contributed by atoms with Gasteiger partial charge in [0.15, 0.2) is 0 Å². The van der Waals surface area contributed by atoms with Crippen LogP contribution >= 0.6 is 11.8 Å². The molecule has 7 heteroatoms. The maximum atomic E-state index is 12.4. The van der Waals surface area contributed by atoms with E-state index in [0.717, 1.165) is 30.2 Å². The molecule has 1 aromatic carbocycles. The Morgan fingerprint density at radius 1 is 1.15 bits per heavy atom. The topological polar surface area (TPSA) is 61.9 Å². The molecule has 0 saturated carbocycles. The molecule has 0 aromatic heterocycles. The highest BCUT2D eigenvalue weighted by Crippen LogP contribution is 2.22. The average molecular weight is 394 g/mol. The molecular weight excluding hydrogens is 362 g/mol. The molecule has 6 nitrogen and oxygen atoms in total. The van der Waals surface area contributed by atoms with Gasteiger partial charge in [0.2, 0.25) is 11.8 Å². The molecule has 0 radical (unpaired) electrons. The smallest absolute Gasteiger partial charge is 0.234 e. The molecule has 1 N–H and O–H groups in total. The zero-order valence-corrected chi connectivity index (χ0v) is 17.4. The summed E-state index contributed by atoms with van der Waals surface area (Å²) in [5.74, 6) is 1.50. The fourth-order valence-corrected chi connectivity index (χ4v) is 3.62. The van der Waals surface area contributed by atoms with Crippen molar-refractivity contribution in [1.82, 2.24) is 15.1 Å². The number of thioether (sulfide) groups is 1. The average Bonchev–Trinajstić information content (AvgIpc) is 2.67. The van der Waals surface area contributed by atoms with Gasteiger partial charge in [-0.3, -0.25) is 14.5 Å². The summed E-state index contributed by atoms with van der Waals surface area (Å²) in [6.07, 6.45) is 0.931. The van der Waals surface area contributed by atoms with Gasteiger partial charge in [0.05, 0.1) is 18.9 Å². The summed E-state index contributed by atoms with van der Waals surface area (Å²) in [7, 11) is 0. The summed E-state index contributed by atoms with van der Waals surface area (Å²) in [6.45, 7) is 9.93. The van der Waals surface area contributed by atoms with Crippen molar-refractivity contribution in [1.29, 1.82) is 0 Å². The molecule has 0 aliphatic carbocycles. The van der Waals surface area contributed by atoms with E-state index in [1.54, 1.807) is 11.8 Å². The lowest BCUT2D eigenvalue weighted by molar-refractivity contribution is -0.130. The number of carbonyl (C=O) groups excluding carboxylic acids is 2. The normalized spacial score (nSPS) is 16.0. The van der Waals surface area contributed by atoms with Gasteiger partial charge in [-0.15, -0.1) is 11.8 Å². The molecule has 2 amide bonds. The standard InChI is InChI=1S/C20H31N3O3S/c1-4-16(3)21-19(24)14-22-10-12-23(13-11-22)20(25)15-27-18-8-6-17(7-9-18)26-5-2/h6-9,16H,4-5,10-15H2,1-3H3,(H,21,24). The first-order chi connectivity index (χ1) is 13.0. The molecule has 2 rings (SSSR count). The van der Waals surface area contributed by atoms with E-state index in [1.165, 1.54) is 0 Å². The van der Waals surface area contributed by atoms with Crippen molar-refractivity contribution >= 4 is 23.6 Å². The van der Waals surface area contributed by atoms with Crippen LogP contribution in [0.5, 0.6) is 5.75 Å². The van der Waals surface area contributed by atoms with Crippen molar-refractivity contribution in [2.45, 2.75) is 38.1 Å². The van der Waals surface area contributed by atoms with Crippen molar-refractivity contribution in [2.75, 3.05) is 45.1 Å². The minimum atomic E-state index is 0.0650. The first-order valence-electron chi connectivity index (χ1n) is 9.67. The summed E-state index contributed by atoms with van der Waals surface area (Å²) >= 11 is 1.55. The summed E-state index contributed by atoms with van der Waals surface area (Å²) in [4.78, 5) is 29.5. The number of hydrogen-bond donors (Lipinski definition) is 1. The Hall–Kier alpha value is -1.73. The van der Waals surface area contributed by atoms with Gasteiger partial charge >= 0.3 is 0 Å². The van der Waals surface area contributed by atoms with Gasteiger partial charge in [0.1, 0.15) is 5.75 Å². The number of ether oxygens (including phenoxy) is 1. The summed E-state index contributed by atoms with van der Waals surface area (Å²) in [6, 6.07) is 8.03. The molecule has 1 atom stereocenters. The van der Waals surface area contributed by atoms with E-state index in [0.29, 0.717) is 32.0 Å². The number of nitrogens with zero attached hydrogens (tertiary/aromatic N) is 2. The third-order valence-electron chi connectivity index (χ3n) is 4.61. The maximum absolute atomic E-state index is 12.4. The van der Waals surface area contributed by atoms with Crippen molar-refractivity contribution < 1.29 is 14.3 Å². The van der Waals surface area contributed by atoms with Crippen LogP contribution < -0.4 is 10.1 Å². The highest BCUT2D eigenvalue weighted by molar-refractivity contribution is 8.00. The van der Waals surface area contributed by atoms with Gasteiger partial charge in [-0.2, -0.15) is 0 Å². The Balaban J connectivity index is 1.69. The number of hydrogen-bond acceptors (Lipinski definition) is 5. The van der Waals surface area contributed by atoms with Crippen molar-refractivity contribution in [3.8, 4) is 5.75 Å². The maximum Gasteiger partial charge on any atom is 0.234 e. The largest absolute Gasteiger partial charge is 0.494 e. The summed E-state index contributed by atoms with van der Waals surface area (Å²) in [5, 5.41) is 2.99. The zero-order chi connectivity index (χ0) is 19.6. The SMILES string of the molecule is CCOc1ccc(SCC(=O)N2CCN(CC(=O)NC(C)CC)CC2)cc1. The van der Waals surface area contributed by atoms with E-state index < -0.39 is 0 Å². The minimum Gasteiger partial charge on any atom is -0.494 e. The lowest BCUT2D eigenvalue weighted by atomic mass is 10.2. The second kappa shape index (κ2) is 11.2. The third kappa shape index (κ3) is 7.42. The van der Waals surface area contributed by atoms with Gasteiger partial charge in [-0.05, 0) is 44.5 Å². The lowest BCUT2D eigenvalue weighted by Crippen LogP contribution is -2.52. The highest BCUT2D eigenvalue weighted by Gasteiger charge is 2.22. The van der Waals surface area contributed by atoms with E-state index >= 15 is 0 Å². The lowest BCUT2D eigenvalue weighted by Gasteiger charge is -2.34. The van der Waals surface area contributed by atoms with Gasteiger partial charge in [0, 0.05) is 37.1 Å². The van der Waals surface area contributed by atoms with E-state index in [1.807, 2.05) is 43.0 Å². The predicted octanol–water partition coefficient (Wildman–Crippen LogP) is 2.24. The Bertz CT molecular complexity index is 601. The van der Waals surface area contributed by atoms with Crippen LogP contribution in [0.1, 0.15) is 27.2 Å². The molecule has 0 bridgehead atoms. The molecule has 27 heavy (non-hydrogen) atoms. The Labute approximate surface area is 166 Å². The van der Waals surface area contributed by atoms with Crippen molar-refractivity contribution in [3.63, 3.8) is 0 Å². The monoisotopic (exact) mass is 393 g/mol. The molecule has 1 heterocycles. The molecule has 1 aromatic rings. The number of amides is 2. The quantitative estimate of drug-likeness (QED) is 0.652. The first-order valence-corrected chi connectivity index (χ1v) is 10.7. The number of benzene rings is 1. The zero-order valence-electron chi connectivity index (χ0n) is 16.6. The van der Waals surface area contributed by atoms with Crippen LogP contribution in [0, 0.1) is 0 Å². The van der Waals surface area contributed by atoms with E-state index in [-0.39, 0.29) is 17.9 Å². The molecule has 1 aliphatic rings. The Morgan fingerprint density at radius 3 is 2.41 bits per heavy atom. The molecule has 1 unspecified atom stereocenters. The number of carbonyl (C=O) groups is 2. The van der Waals surface area contributed by atoms with Crippen LogP contribution in [0.4, 0.5) is 0 Å². The van der Waals surface area contributed by atoms with Crippen LogP contribution in [0.2, 0.25) is 0 Å². The Morgan fingerprint density at radius 2 is 1.81 bits per heavy atom. The van der Waals surface area contributed by atoms with E-state index in [4.69, 9.17) is 4.74 Å². The number of rotatable bonds is 9. The second-order valence-corrected chi connectivity index (χ2v) is 7.78. The van der Waals surface area contributed by atoms with Crippen LogP contribution in [-0.2, 0) is 9.59 Å². The van der Waals surface area contributed by atoms with E-state index in [9.17, 15) is 9.59 Å². The first kappa shape index (κ1) is 21.6. The van der Waals surface area contributed by atoms with Crippen molar-refractivity contribution in [2.24, 2.45) is 0 Å². The summed E-state index contributed by atoms with van der Waals surface area (Å²) in [5.41, 5.74) is 0.